The average Bonchev–Trinajstić information content (AvgIpc) is 3.64. The molecular weight excluding hydrogens is 406 g/mol. The Hall–Kier alpha value is -3.46. The van der Waals surface area contributed by atoms with Crippen molar-refractivity contribution in [3.63, 3.8) is 0 Å². The summed E-state index contributed by atoms with van der Waals surface area (Å²) in [6.45, 7) is 2.51. The molecule has 6 N–H and O–H groups in total. The predicted octanol–water partition coefficient (Wildman–Crippen LogP) is 1.96. The second-order valence-electron chi connectivity index (χ2n) is 8.10. The summed E-state index contributed by atoms with van der Waals surface area (Å²) in [5.41, 5.74) is 13.9. The van der Waals surface area contributed by atoms with Crippen LogP contribution in [0.25, 0.3) is 5.57 Å². The van der Waals surface area contributed by atoms with Crippen molar-refractivity contribution in [3.05, 3.63) is 48.2 Å². The maximum absolute atomic E-state index is 13.0. The Morgan fingerprint density at radius 2 is 1.97 bits per heavy atom. The van der Waals surface area contributed by atoms with Crippen molar-refractivity contribution >= 4 is 29.1 Å². The van der Waals surface area contributed by atoms with Gasteiger partial charge in [0.15, 0.2) is 5.82 Å². The SMILES string of the molecule is N/C=C(/C(=O)Nc1cc(C=NC2CCNCC2)c(N)cc1OCC1CC1)c1ncccn1. The molecule has 168 valence electrons. The molecule has 2 heterocycles. The molecule has 4 rings (SSSR count). The maximum atomic E-state index is 13.0. The van der Waals surface area contributed by atoms with Gasteiger partial charge in [0.25, 0.3) is 5.91 Å². The van der Waals surface area contributed by atoms with Crippen molar-refractivity contribution in [2.45, 2.75) is 31.7 Å². The van der Waals surface area contributed by atoms with Crippen molar-refractivity contribution in [1.82, 2.24) is 15.3 Å². The molecule has 0 atom stereocenters. The number of ether oxygens (including phenoxy) is 1. The lowest BCUT2D eigenvalue weighted by Gasteiger charge is -2.19. The third-order valence-electron chi connectivity index (χ3n) is 5.56. The number of benzene rings is 1. The van der Waals surface area contributed by atoms with Gasteiger partial charge in [0.1, 0.15) is 5.75 Å². The van der Waals surface area contributed by atoms with Gasteiger partial charge in [-0.05, 0) is 56.8 Å². The molecule has 1 saturated carbocycles. The maximum Gasteiger partial charge on any atom is 0.261 e. The lowest BCUT2D eigenvalue weighted by Crippen LogP contribution is -2.29. The number of nitrogen functional groups attached to an aromatic ring is 1. The average molecular weight is 436 g/mol. The normalized spacial score (nSPS) is 17.4. The minimum Gasteiger partial charge on any atom is -0.491 e. The first-order valence-corrected chi connectivity index (χ1v) is 10.9. The Balaban J connectivity index is 1.58. The zero-order valence-corrected chi connectivity index (χ0v) is 18.0. The highest BCUT2D eigenvalue weighted by atomic mass is 16.5. The van der Waals surface area contributed by atoms with Gasteiger partial charge in [-0.2, -0.15) is 0 Å². The predicted molar refractivity (Wildman–Crippen MR) is 125 cm³/mol. The molecule has 1 saturated heterocycles. The van der Waals surface area contributed by atoms with Gasteiger partial charge in [0.05, 0.1) is 23.9 Å². The van der Waals surface area contributed by atoms with Crippen molar-refractivity contribution in [2.75, 3.05) is 30.7 Å². The van der Waals surface area contributed by atoms with Gasteiger partial charge in [-0.1, -0.05) is 0 Å². The van der Waals surface area contributed by atoms with Gasteiger partial charge >= 0.3 is 0 Å². The van der Waals surface area contributed by atoms with Gasteiger partial charge in [-0.25, -0.2) is 9.97 Å². The van der Waals surface area contributed by atoms with Crippen molar-refractivity contribution < 1.29 is 9.53 Å². The summed E-state index contributed by atoms with van der Waals surface area (Å²) in [7, 11) is 0. The lowest BCUT2D eigenvalue weighted by molar-refractivity contribution is -0.111. The Morgan fingerprint density at radius 1 is 1.22 bits per heavy atom. The van der Waals surface area contributed by atoms with Gasteiger partial charge in [0.2, 0.25) is 0 Å². The number of rotatable bonds is 8. The highest BCUT2D eigenvalue weighted by Gasteiger charge is 2.23. The van der Waals surface area contributed by atoms with Crippen LogP contribution in [0.3, 0.4) is 0 Å². The van der Waals surface area contributed by atoms with Crippen LogP contribution in [0.2, 0.25) is 0 Å². The minimum absolute atomic E-state index is 0.167. The summed E-state index contributed by atoms with van der Waals surface area (Å²) in [6.07, 6.45) is 10.4. The van der Waals surface area contributed by atoms with E-state index in [2.05, 4.69) is 20.6 Å². The number of nitrogens with one attached hydrogen (secondary N) is 2. The molecule has 32 heavy (non-hydrogen) atoms. The molecule has 2 aliphatic rings. The number of anilines is 2. The number of piperidine rings is 1. The summed E-state index contributed by atoms with van der Waals surface area (Å²) < 4.78 is 5.98. The highest BCUT2D eigenvalue weighted by Crippen LogP contribution is 2.34. The van der Waals surface area contributed by atoms with Gasteiger partial charge < -0.3 is 26.8 Å². The van der Waals surface area contributed by atoms with Gasteiger partial charge in [-0.15, -0.1) is 0 Å². The van der Waals surface area contributed by atoms with Gasteiger partial charge in [0, 0.05) is 42.1 Å². The van der Waals surface area contributed by atoms with E-state index in [1.54, 1.807) is 36.8 Å². The van der Waals surface area contributed by atoms with E-state index >= 15 is 0 Å². The first kappa shape index (κ1) is 21.8. The monoisotopic (exact) mass is 435 g/mol. The summed E-state index contributed by atoms with van der Waals surface area (Å²) in [5, 5.41) is 6.22. The van der Waals surface area contributed by atoms with E-state index in [-0.39, 0.29) is 17.4 Å². The molecule has 1 aromatic heterocycles. The summed E-state index contributed by atoms with van der Waals surface area (Å²) in [5.74, 6) is 0.891. The molecule has 2 fully saturated rings. The fourth-order valence-corrected chi connectivity index (χ4v) is 3.45. The van der Waals surface area contributed by atoms with Crippen molar-refractivity contribution in [1.29, 1.82) is 0 Å². The van der Waals surface area contributed by atoms with Crippen LogP contribution in [0, 0.1) is 5.92 Å². The molecule has 0 radical (unpaired) electrons. The first-order chi connectivity index (χ1) is 15.6. The molecule has 1 aliphatic carbocycles. The number of carbonyl (C=O) groups is 1. The minimum atomic E-state index is -0.430. The Morgan fingerprint density at radius 3 is 2.66 bits per heavy atom. The number of hydrogen-bond acceptors (Lipinski definition) is 8. The second-order valence-corrected chi connectivity index (χ2v) is 8.10. The molecule has 0 unspecified atom stereocenters. The van der Waals surface area contributed by atoms with Crippen LogP contribution in [0.1, 0.15) is 37.1 Å². The van der Waals surface area contributed by atoms with Crippen LogP contribution in [0.5, 0.6) is 5.75 Å². The molecule has 9 heteroatoms. The standard InChI is InChI=1S/C23H29N7O2/c24-12-18(22-27-6-1-7-28-22)23(31)30-20-10-16(13-29-17-4-8-26-9-5-17)19(25)11-21(20)32-14-15-2-3-15/h1,6-7,10-13,15,17,26H,2-5,8-9,14,24-25H2,(H,30,31)/b18-12+,29-13?. The summed E-state index contributed by atoms with van der Waals surface area (Å²) in [6, 6.07) is 5.47. The Labute approximate surface area is 187 Å². The van der Waals surface area contributed by atoms with E-state index in [1.165, 1.54) is 6.20 Å². The molecule has 1 aromatic carbocycles. The molecular formula is C23H29N7O2. The Bertz CT molecular complexity index is 997. The fourth-order valence-electron chi connectivity index (χ4n) is 3.45. The van der Waals surface area contributed by atoms with Crippen molar-refractivity contribution in [2.24, 2.45) is 16.6 Å². The quantitative estimate of drug-likeness (QED) is 0.282. The first-order valence-electron chi connectivity index (χ1n) is 10.9. The van der Waals surface area contributed by atoms with Crippen LogP contribution in [-0.2, 0) is 4.79 Å². The topological polar surface area (TPSA) is 141 Å². The number of aromatic nitrogens is 2. The summed E-state index contributed by atoms with van der Waals surface area (Å²) >= 11 is 0. The van der Waals surface area contributed by atoms with E-state index < -0.39 is 5.91 Å². The van der Waals surface area contributed by atoms with E-state index in [1.807, 2.05) is 0 Å². The molecule has 1 amide bonds. The fraction of sp³-hybridized carbons (Fsp3) is 0.391. The highest BCUT2D eigenvalue weighted by molar-refractivity contribution is 6.24. The van der Waals surface area contributed by atoms with E-state index in [9.17, 15) is 4.79 Å². The third kappa shape index (κ3) is 5.61. The molecule has 9 nitrogen and oxygen atoms in total. The number of amides is 1. The Kier molecular flexibility index (Phi) is 6.96. The van der Waals surface area contributed by atoms with Crippen molar-refractivity contribution in [3.8, 4) is 5.75 Å². The van der Waals surface area contributed by atoms with E-state index in [0.29, 0.717) is 29.6 Å². The third-order valence-corrected chi connectivity index (χ3v) is 5.56. The number of nitrogens with zero attached hydrogens (tertiary/aromatic N) is 3. The lowest BCUT2D eigenvalue weighted by atomic mass is 10.1. The second kappa shape index (κ2) is 10.2. The van der Waals surface area contributed by atoms with Crippen LogP contribution < -0.4 is 26.8 Å². The number of carbonyl (C=O) groups excluding carboxylic acids is 1. The van der Waals surface area contributed by atoms with E-state index in [0.717, 1.165) is 44.3 Å². The van der Waals surface area contributed by atoms with Gasteiger partial charge in [-0.3, -0.25) is 9.79 Å². The van der Waals surface area contributed by atoms with Crippen LogP contribution >= 0.6 is 0 Å². The molecule has 0 spiro atoms. The van der Waals surface area contributed by atoms with Crippen LogP contribution in [0.15, 0.2) is 41.8 Å². The zero-order valence-electron chi connectivity index (χ0n) is 18.0. The van der Waals surface area contributed by atoms with Crippen LogP contribution in [-0.4, -0.2) is 47.8 Å². The number of aliphatic imine (C=N–C) groups is 1. The number of hydrogen-bond donors (Lipinski definition) is 4. The number of nitrogens with two attached hydrogens (primary N) is 2. The smallest absolute Gasteiger partial charge is 0.261 e. The molecule has 1 aliphatic heterocycles. The zero-order chi connectivity index (χ0) is 22.3. The van der Waals surface area contributed by atoms with Crippen LogP contribution in [0.4, 0.5) is 11.4 Å². The summed E-state index contributed by atoms with van der Waals surface area (Å²) in [4.78, 5) is 25.9. The molecule has 0 bridgehead atoms. The van der Waals surface area contributed by atoms with E-state index in [4.69, 9.17) is 21.2 Å². The largest absolute Gasteiger partial charge is 0.491 e. The molecule has 2 aromatic rings.